The van der Waals surface area contributed by atoms with Gasteiger partial charge in [0.2, 0.25) is 15.9 Å². The van der Waals surface area contributed by atoms with Gasteiger partial charge in [-0.3, -0.25) is 9.59 Å². The van der Waals surface area contributed by atoms with Crippen LogP contribution in [0.5, 0.6) is 0 Å². The van der Waals surface area contributed by atoms with Crippen LogP contribution in [0.4, 0.5) is 5.69 Å². The molecule has 192 valence electrons. The number of anilines is 1. The van der Waals surface area contributed by atoms with Crippen molar-refractivity contribution < 1.29 is 18.0 Å². The second-order valence-electron chi connectivity index (χ2n) is 10.2. The lowest BCUT2D eigenvalue weighted by atomic mass is 9.97. The van der Waals surface area contributed by atoms with E-state index in [9.17, 15) is 18.0 Å². The first-order valence-corrected chi connectivity index (χ1v) is 14.2. The van der Waals surface area contributed by atoms with Crippen molar-refractivity contribution in [3.63, 3.8) is 0 Å². The number of hydrogen-bond donors (Lipinski definition) is 0. The molecule has 1 heterocycles. The molecule has 4 rings (SSSR count). The number of hydrogen-bond acceptors (Lipinski definition) is 4. The second kappa shape index (κ2) is 10.3. The fraction of sp³-hybridized carbons (Fsp3) is 0.448. The highest BCUT2D eigenvalue weighted by Crippen LogP contribution is 2.34. The number of carbonyl (C=O) groups excluding carboxylic acids is 2. The number of benzene rings is 2. The maximum absolute atomic E-state index is 14.3. The summed E-state index contributed by atoms with van der Waals surface area (Å²) in [5.74, 6) is -0.857. The van der Waals surface area contributed by atoms with Crippen LogP contribution in [-0.4, -0.2) is 37.1 Å². The van der Waals surface area contributed by atoms with Crippen LogP contribution in [0.3, 0.4) is 0 Å². The molecule has 1 fully saturated rings. The number of nitrogens with zero attached hydrogens (tertiary/aromatic N) is 2. The lowest BCUT2D eigenvalue weighted by Gasteiger charge is -2.29. The molecule has 0 N–H and O–H groups in total. The van der Waals surface area contributed by atoms with Crippen LogP contribution < -0.4 is 4.90 Å². The Kier molecular flexibility index (Phi) is 7.53. The van der Waals surface area contributed by atoms with E-state index in [1.54, 1.807) is 12.1 Å². The molecule has 1 aliphatic heterocycles. The number of amides is 2. The van der Waals surface area contributed by atoms with E-state index in [-0.39, 0.29) is 23.8 Å². The number of allylic oxidation sites excluding steroid dienone is 1. The van der Waals surface area contributed by atoms with Crippen LogP contribution in [0.2, 0.25) is 0 Å². The first-order chi connectivity index (χ1) is 17.0. The van der Waals surface area contributed by atoms with Crippen LogP contribution in [0.25, 0.3) is 0 Å². The highest BCUT2D eigenvalue weighted by molar-refractivity contribution is 7.89. The second-order valence-corrected chi connectivity index (χ2v) is 12.0. The van der Waals surface area contributed by atoms with Gasteiger partial charge < -0.3 is 0 Å². The van der Waals surface area contributed by atoms with Crippen LogP contribution in [-0.2, 0) is 19.6 Å². The standard InChI is InChI=1S/C29H36N2O4S/c1-19-11-13-25(14-12-19)31-27(32)18-26(29(31)33)30(16-15-24-9-7-6-8-10-24)36(34,35)28-22(4)20(2)17-21(3)23(28)5/h9,11-14,17,26H,6-8,10,15-16,18H2,1-5H3. The summed E-state index contributed by atoms with van der Waals surface area (Å²) >= 11 is 0. The molecule has 2 aromatic carbocycles. The van der Waals surface area contributed by atoms with Crippen molar-refractivity contribution in [1.82, 2.24) is 4.31 Å². The Morgan fingerprint density at radius 3 is 2.17 bits per heavy atom. The number of rotatable bonds is 7. The Bertz CT molecular complexity index is 1300. The average molecular weight is 509 g/mol. The Morgan fingerprint density at radius 1 is 0.944 bits per heavy atom. The van der Waals surface area contributed by atoms with Crippen molar-refractivity contribution in [3.8, 4) is 0 Å². The first-order valence-electron chi connectivity index (χ1n) is 12.7. The third-order valence-corrected chi connectivity index (χ3v) is 9.85. The van der Waals surface area contributed by atoms with E-state index < -0.39 is 22.0 Å². The van der Waals surface area contributed by atoms with E-state index in [0.717, 1.165) is 47.3 Å². The van der Waals surface area contributed by atoms with Gasteiger partial charge in [-0.15, -0.1) is 0 Å². The van der Waals surface area contributed by atoms with Gasteiger partial charge >= 0.3 is 0 Å². The minimum Gasteiger partial charge on any atom is -0.274 e. The van der Waals surface area contributed by atoms with E-state index in [0.29, 0.717) is 23.2 Å². The molecule has 0 bridgehead atoms. The van der Waals surface area contributed by atoms with Crippen molar-refractivity contribution in [2.45, 2.75) is 84.1 Å². The maximum Gasteiger partial charge on any atom is 0.252 e. The van der Waals surface area contributed by atoms with Gasteiger partial charge in [-0.25, -0.2) is 13.3 Å². The molecule has 1 saturated heterocycles. The molecule has 0 spiro atoms. The summed E-state index contributed by atoms with van der Waals surface area (Å²) in [5.41, 5.74) is 5.87. The minimum atomic E-state index is -4.05. The van der Waals surface area contributed by atoms with E-state index in [1.807, 2.05) is 52.8 Å². The predicted molar refractivity (Wildman–Crippen MR) is 143 cm³/mol. The summed E-state index contributed by atoms with van der Waals surface area (Å²) in [6.45, 7) is 9.55. The highest BCUT2D eigenvalue weighted by atomic mass is 32.2. The van der Waals surface area contributed by atoms with Crippen LogP contribution in [0.15, 0.2) is 46.9 Å². The molecule has 2 amide bonds. The highest BCUT2D eigenvalue weighted by Gasteiger charge is 2.47. The molecular weight excluding hydrogens is 472 g/mol. The van der Waals surface area contributed by atoms with Crippen molar-refractivity contribution in [2.24, 2.45) is 0 Å². The molecule has 0 saturated carbocycles. The van der Waals surface area contributed by atoms with Gasteiger partial charge in [-0.1, -0.05) is 35.4 Å². The SMILES string of the molecule is Cc1ccc(N2C(=O)CC(N(CCC3=CCCCC3)S(=O)(=O)c3c(C)c(C)cc(C)c3C)C2=O)cc1. The predicted octanol–water partition coefficient (Wildman–Crippen LogP) is 5.44. The zero-order chi connectivity index (χ0) is 26.2. The van der Waals surface area contributed by atoms with Crippen molar-refractivity contribution >= 4 is 27.5 Å². The fourth-order valence-corrected chi connectivity index (χ4v) is 7.48. The zero-order valence-corrected chi connectivity index (χ0v) is 22.7. The first kappa shape index (κ1) is 26.3. The van der Waals surface area contributed by atoms with Gasteiger partial charge in [0.05, 0.1) is 17.0 Å². The van der Waals surface area contributed by atoms with E-state index in [1.165, 1.54) is 9.88 Å². The Hall–Kier alpha value is -2.77. The van der Waals surface area contributed by atoms with E-state index in [4.69, 9.17) is 0 Å². The Morgan fingerprint density at radius 2 is 1.58 bits per heavy atom. The number of sulfonamides is 1. The summed E-state index contributed by atoms with van der Waals surface area (Å²) in [4.78, 5) is 28.1. The van der Waals surface area contributed by atoms with Crippen LogP contribution in [0.1, 0.15) is 66.3 Å². The van der Waals surface area contributed by atoms with Gasteiger partial charge in [-0.05, 0) is 101 Å². The number of imide groups is 1. The van der Waals surface area contributed by atoms with Crippen molar-refractivity contribution in [1.29, 1.82) is 0 Å². The van der Waals surface area contributed by atoms with Gasteiger partial charge in [0.1, 0.15) is 6.04 Å². The molecule has 2 aliphatic rings. The van der Waals surface area contributed by atoms with Gasteiger partial charge in [0, 0.05) is 6.54 Å². The van der Waals surface area contributed by atoms with Gasteiger partial charge in [0.25, 0.3) is 5.91 Å². The molecule has 1 aliphatic carbocycles. The molecule has 7 heteroatoms. The van der Waals surface area contributed by atoms with Crippen molar-refractivity contribution in [3.05, 3.63) is 69.8 Å². The lowest BCUT2D eigenvalue weighted by Crippen LogP contribution is -2.46. The largest absolute Gasteiger partial charge is 0.274 e. The number of carbonyl (C=O) groups is 2. The normalized spacial score (nSPS) is 18.8. The van der Waals surface area contributed by atoms with Gasteiger partial charge in [0.15, 0.2) is 0 Å². The van der Waals surface area contributed by atoms with Crippen molar-refractivity contribution in [2.75, 3.05) is 11.4 Å². The zero-order valence-electron chi connectivity index (χ0n) is 21.9. The summed E-state index contributed by atoms with van der Waals surface area (Å²) < 4.78 is 29.9. The number of aryl methyl sites for hydroxylation is 3. The third kappa shape index (κ3) is 4.91. The molecule has 0 radical (unpaired) electrons. The molecular formula is C29H36N2O4S. The van der Waals surface area contributed by atoms with Crippen LogP contribution >= 0.6 is 0 Å². The molecule has 0 aromatic heterocycles. The monoisotopic (exact) mass is 508 g/mol. The Balaban J connectivity index is 1.77. The topological polar surface area (TPSA) is 74.8 Å². The summed E-state index contributed by atoms with van der Waals surface area (Å²) in [5, 5.41) is 0. The lowest BCUT2D eigenvalue weighted by molar-refractivity contribution is -0.122. The minimum absolute atomic E-state index is 0.159. The average Bonchev–Trinajstić information content (AvgIpc) is 3.12. The molecule has 1 atom stereocenters. The third-order valence-electron chi connectivity index (χ3n) is 7.66. The molecule has 6 nitrogen and oxygen atoms in total. The summed E-state index contributed by atoms with van der Waals surface area (Å²) in [6.07, 6.45) is 6.78. The summed E-state index contributed by atoms with van der Waals surface area (Å²) in [6, 6.07) is 8.08. The Labute approximate surface area is 215 Å². The summed E-state index contributed by atoms with van der Waals surface area (Å²) in [7, 11) is -4.05. The smallest absolute Gasteiger partial charge is 0.252 e. The quantitative estimate of drug-likeness (QED) is 0.369. The molecule has 2 aromatic rings. The van der Waals surface area contributed by atoms with Gasteiger partial charge in [-0.2, -0.15) is 4.31 Å². The maximum atomic E-state index is 14.3. The van der Waals surface area contributed by atoms with Crippen LogP contribution in [0, 0.1) is 34.6 Å². The van der Waals surface area contributed by atoms with E-state index >= 15 is 0 Å². The fourth-order valence-electron chi connectivity index (χ4n) is 5.32. The van der Waals surface area contributed by atoms with E-state index in [2.05, 4.69) is 6.08 Å². The molecule has 36 heavy (non-hydrogen) atoms. The molecule has 1 unspecified atom stereocenters.